The molecule has 19 heavy (non-hydrogen) atoms. The lowest BCUT2D eigenvalue weighted by molar-refractivity contribution is 0.0920. The van der Waals surface area contributed by atoms with Gasteiger partial charge in [0.2, 0.25) is 0 Å². The van der Waals surface area contributed by atoms with Crippen LogP contribution in [0, 0.1) is 18.7 Å². The molecule has 1 atom stereocenters. The lowest BCUT2D eigenvalue weighted by atomic mass is 9.91. The largest absolute Gasteiger partial charge is 0.349 e. The van der Waals surface area contributed by atoms with Crippen molar-refractivity contribution in [3.63, 3.8) is 0 Å². The molecule has 2 rings (SSSR count). The molecule has 1 aromatic rings. The average Bonchev–Trinajstić information content (AvgIpc) is 2.42. The van der Waals surface area contributed by atoms with E-state index in [2.05, 4.69) is 10.6 Å². The van der Waals surface area contributed by atoms with Crippen LogP contribution in [0.15, 0.2) is 18.2 Å². The van der Waals surface area contributed by atoms with Crippen LogP contribution in [-0.2, 0) is 0 Å². The van der Waals surface area contributed by atoms with Gasteiger partial charge >= 0.3 is 0 Å². The van der Waals surface area contributed by atoms with E-state index in [0.29, 0.717) is 17.0 Å². The number of rotatable bonds is 3. The first-order valence-corrected chi connectivity index (χ1v) is 6.85. The number of nitrogens with one attached hydrogen (secondary N) is 2. The Labute approximate surface area is 113 Å². The molecule has 1 aromatic carbocycles. The second kappa shape index (κ2) is 6.15. The molecule has 0 aliphatic carbocycles. The van der Waals surface area contributed by atoms with Gasteiger partial charge in [-0.2, -0.15) is 0 Å². The van der Waals surface area contributed by atoms with Gasteiger partial charge in [0, 0.05) is 11.6 Å². The highest BCUT2D eigenvalue weighted by molar-refractivity contribution is 5.94. The fraction of sp³-hybridized carbons (Fsp3) is 0.533. The summed E-state index contributed by atoms with van der Waals surface area (Å²) >= 11 is 0. The summed E-state index contributed by atoms with van der Waals surface area (Å²) in [4.78, 5) is 12.1. The highest BCUT2D eigenvalue weighted by atomic mass is 19.1. The van der Waals surface area contributed by atoms with Crippen molar-refractivity contribution in [1.82, 2.24) is 10.6 Å². The fourth-order valence-corrected chi connectivity index (χ4v) is 2.54. The van der Waals surface area contributed by atoms with Crippen molar-refractivity contribution in [2.45, 2.75) is 32.7 Å². The zero-order chi connectivity index (χ0) is 13.8. The second-order valence-corrected chi connectivity index (χ2v) is 5.31. The van der Waals surface area contributed by atoms with E-state index in [1.807, 2.05) is 6.92 Å². The maximum absolute atomic E-state index is 13.2. The molecule has 0 radical (unpaired) electrons. The molecule has 104 valence electrons. The number of hydrogen-bond donors (Lipinski definition) is 2. The summed E-state index contributed by atoms with van der Waals surface area (Å²) in [6, 6.07) is 4.63. The summed E-state index contributed by atoms with van der Waals surface area (Å²) in [5, 5.41) is 6.34. The van der Waals surface area contributed by atoms with Gasteiger partial charge in [0.05, 0.1) is 0 Å². The summed E-state index contributed by atoms with van der Waals surface area (Å²) < 4.78 is 13.2. The first-order valence-electron chi connectivity index (χ1n) is 6.85. The van der Waals surface area contributed by atoms with Crippen LogP contribution >= 0.6 is 0 Å². The number of piperidine rings is 1. The van der Waals surface area contributed by atoms with Crippen molar-refractivity contribution >= 4 is 5.91 Å². The normalized spacial score (nSPS) is 18.1. The number of benzene rings is 1. The molecule has 4 heteroatoms. The predicted octanol–water partition coefficient (Wildman–Crippen LogP) is 2.25. The van der Waals surface area contributed by atoms with Gasteiger partial charge in [0.15, 0.2) is 0 Å². The van der Waals surface area contributed by atoms with Gasteiger partial charge in [-0.15, -0.1) is 0 Å². The highest BCUT2D eigenvalue weighted by Crippen LogP contribution is 2.17. The van der Waals surface area contributed by atoms with E-state index in [1.54, 1.807) is 13.0 Å². The number of aryl methyl sites for hydroxylation is 1. The lowest BCUT2D eigenvalue weighted by Gasteiger charge is -2.28. The Hall–Kier alpha value is -1.42. The fourth-order valence-electron chi connectivity index (χ4n) is 2.54. The summed E-state index contributed by atoms with van der Waals surface area (Å²) in [5.41, 5.74) is 1.03. The zero-order valence-corrected chi connectivity index (χ0v) is 11.5. The first kappa shape index (κ1) is 14.0. The van der Waals surface area contributed by atoms with Gasteiger partial charge in [-0.25, -0.2) is 4.39 Å². The number of halogens is 1. The Morgan fingerprint density at radius 2 is 2.11 bits per heavy atom. The van der Waals surface area contributed by atoms with Crippen LogP contribution in [0.1, 0.15) is 35.7 Å². The first-order chi connectivity index (χ1) is 9.08. The van der Waals surface area contributed by atoms with Crippen molar-refractivity contribution < 1.29 is 9.18 Å². The van der Waals surface area contributed by atoms with Gasteiger partial charge in [-0.1, -0.05) is 0 Å². The average molecular weight is 264 g/mol. The Morgan fingerprint density at radius 3 is 2.74 bits per heavy atom. The third kappa shape index (κ3) is 3.53. The molecule has 2 N–H and O–H groups in total. The molecule has 3 nitrogen and oxygen atoms in total. The summed E-state index contributed by atoms with van der Waals surface area (Å²) in [6.45, 7) is 5.74. The molecular formula is C15H21FN2O. The van der Waals surface area contributed by atoms with Gasteiger partial charge < -0.3 is 10.6 Å². The molecule has 1 saturated heterocycles. The van der Waals surface area contributed by atoms with E-state index in [1.165, 1.54) is 12.1 Å². The van der Waals surface area contributed by atoms with Crippen molar-refractivity contribution in [3.8, 4) is 0 Å². The molecule has 0 bridgehead atoms. The van der Waals surface area contributed by atoms with Crippen LogP contribution in [0.4, 0.5) is 4.39 Å². The van der Waals surface area contributed by atoms with E-state index in [-0.39, 0.29) is 17.8 Å². The number of hydrogen-bond acceptors (Lipinski definition) is 2. The van der Waals surface area contributed by atoms with E-state index >= 15 is 0 Å². The Bertz CT molecular complexity index is 455. The third-order valence-electron chi connectivity index (χ3n) is 3.87. The minimum Gasteiger partial charge on any atom is -0.349 e. The summed E-state index contributed by atoms with van der Waals surface area (Å²) in [6.07, 6.45) is 2.17. The maximum atomic E-state index is 13.2. The molecule has 1 unspecified atom stereocenters. The van der Waals surface area contributed by atoms with Gasteiger partial charge in [0.25, 0.3) is 5.91 Å². The van der Waals surface area contributed by atoms with Crippen molar-refractivity contribution in [3.05, 3.63) is 35.1 Å². The van der Waals surface area contributed by atoms with Crippen LogP contribution < -0.4 is 10.6 Å². The Kier molecular flexibility index (Phi) is 4.53. The molecule has 1 aliphatic rings. The van der Waals surface area contributed by atoms with Crippen molar-refractivity contribution in [2.75, 3.05) is 13.1 Å². The molecule has 1 amide bonds. The lowest BCUT2D eigenvalue weighted by Crippen LogP contribution is -2.42. The minimum atomic E-state index is -0.275. The molecule has 1 heterocycles. The van der Waals surface area contributed by atoms with Crippen LogP contribution in [0.2, 0.25) is 0 Å². The van der Waals surface area contributed by atoms with E-state index in [4.69, 9.17) is 0 Å². The minimum absolute atomic E-state index is 0.117. The highest BCUT2D eigenvalue weighted by Gasteiger charge is 2.21. The van der Waals surface area contributed by atoms with Crippen molar-refractivity contribution in [2.24, 2.45) is 5.92 Å². The standard InChI is InChI=1S/C15H21FN2O/c1-10-9-13(3-4-14(10)16)15(19)18-11(2)12-5-7-17-8-6-12/h3-4,9,11-12,17H,5-8H2,1-2H3,(H,18,19). The van der Waals surface area contributed by atoms with Crippen LogP contribution in [0.25, 0.3) is 0 Å². The predicted molar refractivity (Wildman–Crippen MR) is 73.7 cm³/mol. The Balaban J connectivity index is 1.97. The summed E-state index contributed by atoms with van der Waals surface area (Å²) in [5.74, 6) is 0.129. The van der Waals surface area contributed by atoms with Gasteiger partial charge in [-0.05, 0) is 69.5 Å². The maximum Gasteiger partial charge on any atom is 0.251 e. The summed E-state index contributed by atoms with van der Waals surface area (Å²) in [7, 11) is 0. The monoisotopic (exact) mass is 264 g/mol. The van der Waals surface area contributed by atoms with Crippen molar-refractivity contribution in [1.29, 1.82) is 0 Å². The quantitative estimate of drug-likeness (QED) is 0.879. The van der Waals surface area contributed by atoms with Gasteiger partial charge in [0.1, 0.15) is 5.82 Å². The molecule has 0 spiro atoms. The SMILES string of the molecule is Cc1cc(C(=O)NC(C)C2CCNCC2)ccc1F. The van der Waals surface area contributed by atoms with Crippen LogP contribution in [0.5, 0.6) is 0 Å². The van der Waals surface area contributed by atoms with E-state index in [0.717, 1.165) is 25.9 Å². The van der Waals surface area contributed by atoms with Crippen LogP contribution in [0.3, 0.4) is 0 Å². The third-order valence-corrected chi connectivity index (χ3v) is 3.87. The van der Waals surface area contributed by atoms with E-state index < -0.39 is 0 Å². The second-order valence-electron chi connectivity index (χ2n) is 5.31. The Morgan fingerprint density at radius 1 is 1.42 bits per heavy atom. The molecule has 1 fully saturated rings. The molecular weight excluding hydrogens is 243 g/mol. The number of carbonyl (C=O) groups is 1. The zero-order valence-electron chi connectivity index (χ0n) is 11.5. The number of amides is 1. The molecule has 1 aliphatic heterocycles. The van der Waals surface area contributed by atoms with Gasteiger partial charge in [-0.3, -0.25) is 4.79 Å². The smallest absolute Gasteiger partial charge is 0.251 e. The topological polar surface area (TPSA) is 41.1 Å². The van der Waals surface area contributed by atoms with Crippen LogP contribution in [-0.4, -0.2) is 25.0 Å². The molecule has 0 aromatic heterocycles. The van der Waals surface area contributed by atoms with E-state index in [9.17, 15) is 9.18 Å². The molecule has 0 saturated carbocycles. The number of carbonyl (C=O) groups excluding carboxylic acids is 1.